The molecule has 0 saturated carbocycles. The largest absolute Gasteiger partial charge is 0.497 e. The van der Waals surface area contributed by atoms with Crippen molar-refractivity contribution >= 4 is 33.5 Å². The number of unbranched alkanes of at least 4 members (excludes halogenated alkanes) is 1. The third-order valence-electron chi connectivity index (χ3n) is 4.44. The Kier molecular flexibility index (Phi) is 5.46. The summed E-state index contributed by atoms with van der Waals surface area (Å²) < 4.78 is 6.72. The average Bonchev–Trinajstić information content (AvgIpc) is 2.95. The zero-order valence-electron chi connectivity index (χ0n) is 14.2. The van der Waals surface area contributed by atoms with Crippen molar-refractivity contribution in [1.29, 1.82) is 0 Å². The Bertz CT molecular complexity index is 837. The molecule has 1 aromatic heterocycles. The second-order valence-electron chi connectivity index (χ2n) is 6.10. The molecule has 0 saturated heterocycles. The van der Waals surface area contributed by atoms with E-state index in [0.29, 0.717) is 0 Å². The van der Waals surface area contributed by atoms with Crippen molar-refractivity contribution in [3.05, 3.63) is 51.1 Å². The molecule has 0 spiro atoms. The lowest BCUT2D eigenvalue weighted by Gasteiger charge is -2.06. The van der Waals surface area contributed by atoms with Crippen LogP contribution < -0.4 is 10.5 Å². The first kappa shape index (κ1) is 17.3. The van der Waals surface area contributed by atoms with Crippen LogP contribution in [-0.2, 0) is 6.42 Å². The predicted octanol–water partition coefficient (Wildman–Crippen LogP) is 5.04. The minimum atomic E-state index is 0.740. The summed E-state index contributed by atoms with van der Waals surface area (Å²) in [6.07, 6.45) is 3.16. The second kappa shape index (κ2) is 7.57. The number of aryl methyl sites for hydroxylation is 2. The summed E-state index contributed by atoms with van der Waals surface area (Å²) in [5.74, 6) is 0.910. The number of fused-ring (bicyclic) bond motifs is 1. The van der Waals surface area contributed by atoms with Gasteiger partial charge in [-0.3, -0.25) is 0 Å². The number of ether oxygens (including phenoxy) is 1. The van der Waals surface area contributed by atoms with Crippen LogP contribution in [0.2, 0.25) is 0 Å². The SMILES string of the molecule is COc1cc(C)c2[nH]c(-c3ccc(I)cc3)c(CCCCN)c2c1. The fourth-order valence-electron chi connectivity index (χ4n) is 3.18. The molecule has 3 rings (SSSR count). The van der Waals surface area contributed by atoms with E-state index in [1.54, 1.807) is 7.11 Å². The smallest absolute Gasteiger partial charge is 0.119 e. The van der Waals surface area contributed by atoms with Crippen molar-refractivity contribution in [3.63, 3.8) is 0 Å². The van der Waals surface area contributed by atoms with Crippen molar-refractivity contribution in [2.75, 3.05) is 13.7 Å². The van der Waals surface area contributed by atoms with Crippen molar-refractivity contribution in [2.24, 2.45) is 5.73 Å². The molecule has 0 fully saturated rings. The summed E-state index contributed by atoms with van der Waals surface area (Å²) in [5, 5.41) is 1.26. The molecule has 3 N–H and O–H groups in total. The molecular weight excluding hydrogens is 411 g/mol. The Morgan fingerprint density at radius 2 is 1.88 bits per heavy atom. The fraction of sp³-hybridized carbons (Fsp3) is 0.300. The van der Waals surface area contributed by atoms with E-state index in [1.807, 2.05) is 0 Å². The lowest BCUT2D eigenvalue weighted by atomic mass is 9.99. The summed E-state index contributed by atoms with van der Waals surface area (Å²) in [6.45, 7) is 2.87. The monoisotopic (exact) mass is 434 g/mol. The van der Waals surface area contributed by atoms with Crippen LogP contribution in [0.1, 0.15) is 24.0 Å². The molecule has 126 valence electrons. The van der Waals surface area contributed by atoms with Crippen LogP contribution in [-0.4, -0.2) is 18.6 Å². The molecule has 4 heteroatoms. The molecule has 0 amide bonds. The summed E-state index contributed by atoms with van der Waals surface area (Å²) in [5.41, 5.74) is 11.9. The number of hydrogen-bond acceptors (Lipinski definition) is 2. The average molecular weight is 434 g/mol. The Hall–Kier alpha value is -1.53. The van der Waals surface area contributed by atoms with Gasteiger partial charge >= 0.3 is 0 Å². The van der Waals surface area contributed by atoms with Crippen LogP contribution in [0.5, 0.6) is 5.75 Å². The van der Waals surface area contributed by atoms with Crippen LogP contribution >= 0.6 is 22.6 Å². The molecule has 1 heterocycles. The van der Waals surface area contributed by atoms with Crippen LogP contribution in [0, 0.1) is 10.5 Å². The van der Waals surface area contributed by atoms with E-state index in [1.165, 1.54) is 36.9 Å². The molecule has 0 radical (unpaired) electrons. The molecule has 2 aromatic carbocycles. The van der Waals surface area contributed by atoms with Gasteiger partial charge in [-0.15, -0.1) is 0 Å². The van der Waals surface area contributed by atoms with Gasteiger partial charge in [0.05, 0.1) is 7.11 Å². The number of methoxy groups -OCH3 is 1. The molecular formula is C20H23IN2O. The minimum absolute atomic E-state index is 0.740. The van der Waals surface area contributed by atoms with Crippen LogP contribution in [0.15, 0.2) is 36.4 Å². The highest BCUT2D eigenvalue weighted by Gasteiger charge is 2.15. The molecule has 3 nitrogen and oxygen atoms in total. The summed E-state index contributed by atoms with van der Waals surface area (Å²) in [4.78, 5) is 3.66. The van der Waals surface area contributed by atoms with E-state index in [9.17, 15) is 0 Å². The first-order valence-electron chi connectivity index (χ1n) is 8.29. The number of rotatable bonds is 6. The van der Waals surface area contributed by atoms with Crippen LogP contribution in [0.25, 0.3) is 22.2 Å². The standard InChI is InChI=1S/C20H23IN2O/c1-13-11-16(24-2)12-18-17(5-3-4-10-22)20(23-19(13)18)14-6-8-15(21)9-7-14/h6-9,11-12,23H,3-5,10,22H2,1-2H3. The fourth-order valence-corrected chi connectivity index (χ4v) is 3.54. The van der Waals surface area contributed by atoms with Gasteiger partial charge in [0.15, 0.2) is 0 Å². The maximum absolute atomic E-state index is 5.69. The van der Waals surface area contributed by atoms with Gasteiger partial charge in [-0.1, -0.05) is 12.1 Å². The first-order chi connectivity index (χ1) is 11.6. The zero-order chi connectivity index (χ0) is 17.1. The minimum Gasteiger partial charge on any atom is -0.497 e. The molecule has 0 aliphatic heterocycles. The number of H-pyrrole nitrogens is 1. The van der Waals surface area contributed by atoms with Crippen molar-refractivity contribution < 1.29 is 4.74 Å². The third-order valence-corrected chi connectivity index (χ3v) is 5.15. The Balaban J connectivity index is 2.17. The van der Waals surface area contributed by atoms with Gasteiger partial charge in [0.2, 0.25) is 0 Å². The third kappa shape index (κ3) is 3.44. The van der Waals surface area contributed by atoms with Crippen molar-refractivity contribution in [1.82, 2.24) is 4.98 Å². The Morgan fingerprint density at radius 1 is 1.12 bits per heavy atom. The van der Waals surface area contributed by atoms with Gasteiger partial charge in [-0.2, -0.15) is 0 Å². The molecule has 0 atom stereocenters. The van der Waals surface area contributed by atoms with Gasteiger partial charge in [0.1, 0.15) is 5.75 Å². The highest BCUT2D eigenvalue weighted by molar-refractivity contribution is 14.1. The van der Waals surface area contributed by atoms with E-state index in [4.69, 9.17) is 10.5 Å². The number of aromatic amines is 1. The van der Waals surface area contributed by atoms with E-state index in [-0.39, 0.29) is 0 Å². The number of nitrogens with two attached hydrogens (primary N) is 1. The number of halogens is 1. The Morgan fingerprint density at radius 3 is 2.54 bits per heavy atom. The van der Waals surface area contributed by atoms with Gasteiger partial charge in [0.25, 0.3) is 0 Å². The maximum Gasteiger partial charge on any atom is 0.119 e. The zero-order valence-corrected chi connectivity index (χ0v) is 16.3. The van der Waals surface area contributed by atoms with Gasteiger partial charge in [-0.05, 0) is 96.3 Å². The topological polar surface area (TPSA) is 51.0 Å². The molecule has 0 bridgehead atoms. The Labute approximate surface area is 156 Å². The van der Waals surface area contributed by atoms with E-state index in [2.05, 4.69) is 70.9 Å². The highest BCUT2D eigenvalue weighted by atomic mass is 127. The van der Waals surface area contributed by atoms with E-state index >= 15 is 0 Å². The summed E-state index contributed by atoms with van der Waals surface area (Å²) in [6, 6.07) is 12.9. The summed E-state index contributed by atoms with van der Waals surface area (Å²) in [7, 11) is 1.72. The first-order valence-corrected chi connectivity index (χ1v) is 9.37. The molecule has 0 aliphatic carbocycles. The van der Waals surface area contributed by atoms with Gasteiger partial charge in [0, 0.05) is 20.2 Å². The van der Waals surface area contributed by atoms with Gasteiger partial charge in [-0.25, -0.2) is 0 Å². The number of aromatic nitrogens is 1. The lowest BCUT2D eigenvalue weighted by Crippen LogP contribution is -1.99. The second-order valence-corrected chi connectivity index (χ2v) is 7.34. The van der Waals surface area contributed by atoms with E-state index < -0.39 is 0 Å². The molecule has 0 unspecified atom stereocenters. The number of nitrogens with one attached hydrogen (secondary N) is 1. The number of hydrogen-bond donors (Lipinski definition) is 2. The maximum atomic E-state index is 5.69. The molecule has 0 aliphatic rings. The van der Waals surface area contributed by atoms with E-state index in [0.717, 1.165) is 31.6 Å². The summed E-state index contributed by atoms with van der Waals surface area (Å²) >= 11 is 2.34. The molecule has 3 aromatic rings. The lowest BCUT2D eigenvalue weighted by molar-refractivity contribution is 0.415. The number of benzene rings is 2. The van der Waals surface area contributed by atoms with Crippen molar-refractivity contribution in [3.8, 4) is 17.0 Å². The molecule has 24 heavy (non-hydrogen) atoms. The quantitative estimate of drug-likeness (QED) is 0.422. The van der Waals surface area contributed by atoms with Crippen LogP contribution in [0.4, 0.5) is 0 Å². The normalized spacial score (nSPS) is 11.2. The predicted molar refractivity (Wildman–Crippen MR) is 110 cm³/mol. The van der Waals surface area contributed by atoms with Gasteiger partial charge < -0.3 is 15.5 Å². The van der Waals surface area contributed by atoms with Crippen LogP contribution in [0.3, 0.4) is 0 Å². The van der Waals surface area contributed by atoms with Crippen molar-refractivity contribution in [2.45, 2.75) is 26.2 Å². The highest BCUT2D eigenvalue weighted by Crippen LogP contribution is 2.35.